The normalized spacial score (nSPS) is 10.3. The molecule has 1 amide bonds. The van der Waals surface area contributed by atoms with E-state index in [4.69, 9.17) is 0 Å². The lowest BCUT2D eigenvalue weighted by atomic mass is 10.3. The van der Waals surface area contributed by atoms with Crippen molar-refractivity contribution < 1.29 is 4.79 Å². The number of aryl methyl sites for hydroxylation is 1. The highest BCUT2D eigenvalue weighted by Crippen LogP contribution is 2.21. The molecule has 0 spiro atoms. The van der Waals surface area contributed by atoms with E-state index in [1.807, 2.05) is 25.1 Å². The Hall–Kier alpha value is -1.40. The van der Waals surface area contributed by atoms with Gasteiger partial charge in [0.2, 0.25) is 5.91 Å². The second-order valence-electron chi connectivity index (χ2n) is 3.76. The van der Waals surface area contributed by atoms with Crippen LogP contribution in [0.1, 0.15) is 5.69 Å². The van der Waals surface area contributed by atoms with Crippen molar-refractivity contribution in [1.29, 1.82) is 0 Å². The molecule has 2 aromatic rings. The first-order valence-electron chi connectivity index (χ1n) is 5.27. The van der Waals surface area contributed by atoms with Gasteiger partial charge in [-0.1, -0.05) is 23.5 Å². The molecule has 0 fully saturated rings. The molecule has 1 heterocycles. The molecular formula is C12H11BrN2O2S. The molecule has 1 aromatic heterocycles. The number of rotatable bonds is 3. The molecule has 2 rings (SSSR count). The quantitative estimate of drug-likeness (QED) is 0.942. The number of hydrogen-bond donors (Lipinski definition) is 1. The molecule has 0 saturated heterocycles. The fourth-order valence-corrected chi connectivity index (χ4v) is 2.61. The summed E-state index contributed by atoms with van der Waals surface area (Å²) in [5, 5.41) is 4.51. The van der Waals surface area contributed by atoms with Crippen LogP contribution in [-0.2, 0) is 11.3 Å². The molecule has 0 unspecified atom stereocenters. The zero-order valence-corrected chi connectivity index (χ0v) is 12.0. The topological polar surface area (TPSA) is 51.1 Å². The summed E-state index contributed by atoms with van der Waals surface area (Å²) in [6, 6.07) is 7.35. The van der Waals surface area contributed by atoms with Crippen LogP contribution in [0, 0.1) is 6.92 Å². The van der Waals surface area contributed by atoms with Crippen LogP contribution in [0.25, 0.3) is 0 Å². The van der Waals surface area contributed by atoms with Crippen molar-refractivity contribution in [2.24, 2.45) is 0 Å². The number of hydrogen-bond acceptors (Lipinski definition) is 3. The van der Waals surface area contributed by atoms with Crippen molar-refractivity contribution in [2.75, 3.05) is 5.32 Å². The molecular weight excluding hydrogens is 316 g/mol. The van der Waals surface area contributed by atoms with E-state index in [1.165, 1.54) is 4.57 Å². The van der Waals surface area contributed by atoms with Crippen LogP contribution in [0.15, 0.2) is 38.9 Å². The summed E-state index contributed by atoms with van der Waals surface area (Å²) < 4.78 is 2.27. The van der Waals surface area contributed by atoms with Gasteiger partial charge in [0.05, 0.1) is 5.69 Å². The first-order chi connectivity index (χ1) is 8.58. The van der Waals surface area contributed by atoms with Gasteiger partial charge in [0, 0.05) is 15.5 Å². The molecule has 0 radical (unpaired) electrons. The number of amides is 1. The van der Waals surface area contributed by atoms with Crippen LogP contribution in [0.3, 0.4) is 0 Å². The fraction of sp³-hybridized carbons (Fsp3) is 0.167. The first kappa shape index (κ1) is 13.0. The summed E-state index contributed by atoms with van der Waals surface area (Å²) in [5.74, 6) is -0.217. The van der Waals surface area contributed by atoms with E-state index in [9.17, 15) is 9.59 Å². The Morgan fingerprint density at radius 3 is 2.78 bits per heavy atom. The Bertz CT molecular complexity index is 633. The standard InChI is InChI=1S/C12H11BrN2O2S/c1-8-7-18-12(17)15(8)6-11(16)14-10-5-3-2-4-9(10)13/h2-5,7H,6H2,1H3,(H,14,16). The number of benzene rings is 1. The third-order valence-corrected chi connectivity index (χ3v) is 4.00. The molecule has 94 valence electrons. The molecule has 0 bridgehead atoms. The van der Waals surface area contributed by atoms with Crippen LogP contribution in [-0.4, -0.2) is 10.5 Å². The number of carbonyl (C=O) groups excluding carboxylic acids is 1. The van der Waals surface area contributed by atoms with Gasteiger partial charge < -0.3 is 5.32 Å². The molecule has 18 heavy (non-hydrogen) atoms. The summed E-state index contributed by atoms with van der Waals surface area (Å²) in [6.45, 7) is 1.85. The monoisotopic (exact) mass is 326 g/mol. The molecule has 1 N–H and O–H groups in total. The van der Waals surface area contributed by atoms with Gasteiger partial charge in [0.15, 0.2) is 0 Å². The van der Waals surface area contributed by atoms with E-state index in [2.05, 4.69) is 21.2 Å². The number of aromatic nitrogens is 1. The van der Waals surface area contributed by atoms with Gasteiger partial charge in [-0.15, -0.1) is 0 Å². The van der Waals surface area contributed by atoms with E-state index in [0.29, 0.717) is 5.69 Å². The highest BCUT2D eigenvalue weighted by Gasteiger charge is 2.09. The summed E-state index contributed by atoms with van der Waals surface area (Å²) in [4.78, 5) is 23.2. The second-order valence-corrected chi connectivity index (χ2v) is 5.43. The molecule has 0 aliphatic carbocycles. The highest BCUT2D eigenvalue weighted by molar-refractivity contribution is 9.10. The van der Waals surface area contributed by atoms with E-state index >= 15 is 0 Å². The van der Waals surface area contributed by atoms with E-state index < -0.39 is 0 Å². The van der Waals surface area contributed by atoms with Gasteiger partial charge in [-0.05, 0) is 35.0 Å². The molecule has 0 atom stereocenters. The zero-order chi connectivity index (χ0) is 13.1. The van der Waals surface area contributed by atoms with Gasteiger partial charge in [0.25, 0.3) is 0 Å². The maximum Gasteiger partial charge on any atom is 0.307 e. The Morgan fingerprint density at radius 2 is 2.17 bits per heavy atom. The smallest absolute Gasteiger partial charge is 0.307 e. The molecule has 4 nitrogen and oxygen atoms in total. The van der Waals surface area contributed by atoms with Crippen LogP contribution < -0.4 is 10.2 Å². The van der Waals surface area contributed by atoms with Crippen LogP contribution in [0.5, 0.6) is 0 Å². The average Bonchev–Trinajstić information content (AvgIpc) is 2.64. The predicted molar refractivity (Wildman–Crippen MR) is 76.1 cm³/mol. The minimum atomic E-state index is -0.217. The molecule has 0 aliphatic heterocycles. The van der Waals surface area contributed by atoms with Crippen molar-refractivity contribution in [1.82, 2.24) is 4.57 Å². The lowest BCUT2D eigenvalue weighted by molar-refractivity contribution is -0.116. The van der Waals surface area contributed by atoms with Crippen molar-refractivity contribution in [2.45, 2.75) is 13.5 Å². The van der Waals surface area contributed by atoms with Gasteiger partial charge in [0.1, 0.15) is 6.54 Å². The Labute approximate surface area is 116 Å². The second kappa shape index (κ2) is 5.49. The van der Waals surface area contributed by atoms with Crippen LogP contribution in [0.4, 0.5) is 5.69 Å². The summed E-state index contributed by atoms with van der Waals surface area (Å²) in [5.41, 5.74) is 1.50. The number of nitrogens with zero attached hydrogens (tertiary/aromatic N) is 1. The van der Waals surface area contributed by atoms with Gasteiger partial charge in [-0.3, -0.25) is 14.2 Å². The third kappa shape index (κ3) is 2.88. The number of nitrogens with one attached hydrogen (secondary N) is 1. The van der Waals surface area contributed by atoms with Crippen molar-refractivity contribution in [3.05, 3.63) is 49.5 Å². The minimum Gasteiger partial charge on any atom is -0.324 e. The Morgan fingerprint density at radius 1 is 1.44 bits per heavy atom. The summed E-state index contributed by atoms with van der Waals surface area (Å²) in [6.07, 6.45) is 0. The zero-order valence-electron chi connectivity index (χ0n) is 9.64. The lowest BCUT2D eigenvalue weighted by Gasteiger charge is -2.08. The van der Waals surface area contributed by atoms with Gasteiger partial charge in [-0.2, -0.15) is 0 Å². The van der Waals surface area contributed by atoms with Crippen LogP contribution >= 0.6 is 27.3 Å². The third-order valence-electron chi connectivity index (χ3n) is 2.43. The van der Waals surface area contributed by atoms with E-state index in [0.717, 1.165) is 21.5 Å². The number of para-hydroxylation sites is 1. The van der Waals surface area contributed by atoms with E-state index in [1.54, 1.807) is 11.4 Å². The number of anilines is 1. The SMILES string of the molecule is Cc1csc(=O)n1CC(=O)Nc1ccccc1Br. The maximum absolute atomic E-state index is 11.8. The Balaban J connectivity index is 2.11. The van der Waals surface area contributed by atoms with Gasteiger partial charge in [-0.25, -0.2) is 0 Å². The fourth-order valence-electron chi connectivity index (χ4n) is 1.49. The number of thiazole rings is 1. The molecule has 0 aliphatic rings. The molecule has 0 saturated carbocycles. The van der Waals surface area contributed by atoms with Crippen molar-refractivity contribution in [3.8, 4) is 0 Å². The van der Waals surface area contributed by atoms with Gasteiger partial charge >= 0.3 is 4.87 Å². The average molecular weight is 327 g/mol. The van der Waals surface area contributed by atoms with Crippen LogP contribution in [0.2, 0.25) is 0 Å². The first-order valence-corrected chi connectivity index (χ1v) is 6.94. The number of carbonyl (C=O) groups is 1. The van der Waals surface area contributed by atoms with Crippen molar-refractivity contribution >= 4 is 38.9 Å². The molecule has 1 aromatic carbocycles. The lowest BCUT2D eigenvalue weighted by Crippen LogP contribution is -2.25. The summed E-state index contributed by atoms with van der Waals surface area (Å²) in [7, 11) is 0. The summed E-state index contributed by atoms with van der Waals surface area (Å²) >= 11 is 4.45. The van der Waals surface area contributed by atoms with Crippen molar-refractivity contribution in [3.63, 3.8) is 0 Å². The highest BCUT2D eigenvalue weighted by atomic mass is 79.9. The largest absolute Gasteiger partial charge is 0.324 e. The Kier molecular flexibility index (Phi) is 3.98. The van der Waals surface area contributed by atoms with E-state index in [-0.39, 0.29) is 17.3 Å². The predicted octanol–water partition coefficient (Wildman–Crippen LogP) is 2.62. The minimum absolute atomic E-state index is 0.0372. The molecule has 6 heteroatoms. The maximum atomic E-state index is 11.8. The number of halogens is 1.